The summed E-state index contributed by atoms with van der Waals surface area (Å²) in [6, 6.07) is 8.80. The van der Waals surface area contributed by atoms with Gasteiger partial charge in [0.25, 0.3) is 11.5 Å². The maximum atomic E-state index is 12.6. The van der Waals surface area contributed by atoms with Crippen molar-refractivity contribution in [3.05, 3.63) is 57.5 Å². The number of benzene rings is 1. The van der Waals surface area contributed by atoms with Gasteiger partial charge in [-0.3, -0.25) is 9.59 Å². The van der Waals surface area contributed by atoms with Crippen LogP contribution in [0.1, 0.15) is 35.0 Å². The first-order chi connectivity index (χ1) is 10.4. The minimum atomic E-state index is -0.225. The highest BCUT2D eigenvalue weighted by atomic mass is 16.2. The van der Waals surface area contributed by atoms with E-state index in [2.05, 4.69) is 5.10 Å². The van der Waals surface area contributed by atoms with Crippen molar-refractivity contribution in [3.63, 3.8) is 0 Å². The second-order valence-corrected chi connectivity index (χ2v) is 5.43. The third-order valence-corrected chi connectivity index (χ3v) is 3.54. The van der Waals surface area contributed by atoms with Crippen LogP contribution < -0.4 is 10.5 Å². The van der Waals surface area contributed by atoms with E-state index in [1.54, 1.807) is 11.9 Å². The SMILES string of the molecule is CCCn1nc(C(=O)N(C)c2ccc(C)cc2C)ccc1=O. The Morgan fingerprint density at radius 2 is 1.95 bits per heavy atom. The number of rotatable bonds is 4. The summed E-state index contributed by atoms with van der Waals surface area (Å²) in [5.41, 5.74) is 3.10. The Morgan fingerprint density at radius 1 is 1.23 bits per heavy atom. The van der Waals surface area contributed by atoms with Gasteiger partial charge in [0.05, 0.1) is 0 Å². The van der Waals surface area contributed by atoms with Gasteiger partial charge in [0.2, 0.25) is 0 Å². The molecule has 0 aliphatic heterocycles. The highest BCUT2D eigenvalue weighted by molar-refractivity contribution is 6.04. The second kappa shape index (κ2) is 6.56. The van der Waals surface area contributed by atoms with Gasteiger partial charge in [-0.15, -0.1) is 0 Å². The molecule has 0 N–H and O–H groups in total. The fourth-order valence-corrected chi connectivity index (χ4v) is 2.40. The van der Waals surface area contributed by atoms with E-state index >= 15 is 0 Å². The number of aryl methyl sites for hydroxylation is 3. The summed E-state index contributed by atoms with van der Waals surface area (Å²) >= 11 is 0. The van der Waals surface area contributed by atoms with Crippen LogP contribution in [0.2, 0.25) is 0 Å². The van der Waals surface area contributed by atoms with Crippen LogP contribution in [0.3, 0.4) is 0 Å². The Labute approximate surface area is 130 Å². The number of hydrogen-bond donors (Lipinski definition) is 0. The molecule has 0 bridgehead atoms. The molecule has 0 saturated carbocycles. The molecule has 0 aliphatic rings. The van der Waals surface area contributed by atoms with Crippen molar-refractivity contribution in [2.45, 2.75) is 33.7 Å². The van der Waals surface area contributed by atoms with Crippen molar-refractivity contribution in [1.29, 1.82) is 0 Å². The number of carbonyl (C=O) groups is 1. The van der Waals surface area contributed by atoms with E-state index in [1.165, 1.54) is 16.8 Å². The standard InChI is InChI=1S/C17H21N3O2/c1-5-10-20-16(21)9-7-14(18-20)17(22)19(4)15-8-6-12(2)11-13(15)3/h6-9,11H,5,10H2,1-4H3. The number of aromatic nitrogens is 2. The van der Waals surface area contributed by atoms with E-state index in [0.717, 1.165) is 23.2 Å². The van der Waals surface area contributed by atoms with Gasteiger partial charge in [0.1, 0.15) is 5.69 Å². The molecule has 0 saturated heterocycles. The zero-order valence-electron chi connectivity index (χ0n) is 13.5. The number of anilines is 1. The van der Waals surface area contributed by atoms with E-state index in [9.17, 15) is 9.59 Å². The first kappa shape index (κ1) is 15.9. The fourth-order valence-electron chi connectivity index (χ4n) is 2.40. The van der Waals surface area contributed by atoms with Gasteiger partial charge in [-0.2, -0.15) is 5.10 Å². The van der Waals surface area contributed by atoms with Crippen LogP contribution in [0.4, 0.5) is 5.69 Å². The molecule has 0 spiro atoms. The number of hydrogen-bond acceptors (Lipinski definition) is 3. The van der Waals surface area contributed by atoms with Gasteiger partial charge in [-0.25, -0.2) is 4.68 Å². The van der Waals surface area contributed by atoms with Gasteiger partial charge in [0.15, 0.2) is 0 Å². The molecule has 1 aromatic carbocycles. The van der Waals surface area contributed by atoms with Gasteiger partial charge < -0.3 is 4.90 Å². The number of amides is 1. The predicted octanol–water partition coefficient (Wildman–Crippen LogP) is 2.55. The zero-order chi connectivity index (χ0) is 16.3. The average molecular weight is 299 g/mol. The molecule has 2 aromatic rings. The highest BCUT2D eigenvalue weighted by Gasteiger charge is 2.17. The number of nitrogens with zero attached hydrogens (tertiary/aromatic N) is 3. The summed E-state index contributed by atoms with van der Waals surface area (Å²) in [5.74, 6) is -0.225. The molecule has 0 fully saturated rings. The minimum absolute atomic E-state index is 0.187. The van der Waals surface area contributed by atoms with E-state index < -0.39 is 0 Å². The molecular formula is C17H21N3O2. The Balaban J connectivity index is 2.34. The van der Waals surface area contributed by atoms with E-state index in [1.807, 2.05) is 39.0 Å². The van der Waals surface area contributed by atoms with Crippen LogP contribution in [-0.4, -0.2) is 22.7 Å². The lowest BCUT2D eigenvalue weighted by Gasteiger charge is -2.19. The molecule has 1 heterocycles. The van der Waals surface area contributed by atoms with Gasteiger partial charge in [-0.1, -0.05) is 24.6 Å². The molecule has 0 aliphatic carbocycles. The molecule has 1 amide bonds. The van der Waals surface area contributed by atoms with Crippen LogP contribution in [0.15, 0.2) is 35.1 Å². The number of carbonyl (C=O) groups excluding carboxylic acids is 1. The Bertz CT molecular complexity index is 750. The van der Waals surface area contributed by atoms with Crippen molar-refractivity contribution in [1.82, 2.24) is 9.78 Å². The molecule has 0 radical (unpaired) electrons. The summed E-state index contributed by atoms with van der Waals surface area (Å²) in [4.78, 5) is 25.9. The van der Waals surface area contributed by atoms with Crippen molar-refractivity contribution in [3.8, 4) is 0 Å². The van der Waals surface area contributed by atoms with Gasteiger partial charge >= 0.3 is 0 Å². The normalized spacial score (nSPS) is 10.5. The summed E-state index contributed by atoms with van der Waals surface area (Å²) in [6.07, 6.45) is 0.789. The third-order valence-electron chi connectivity index (χ3n) is 3.54. The highest BCUT2D eigenvalue weighted by Crippen LogP contribution is 2.21. The van der Waals surface area contributed by atoms with Crippen molar-refractivity contribution < 1.29 is 4.79 Å². The van der Waals surface area contributed by atoms with Crippen molar-refractivity contribution in [2.24, 2.45) is 0 Å². The van der Waals surface area contributed by atoms with Crippen LogP contribution >= 0.6 is 0 Å². The quantitative estimate of drug-likeness (QED) is 0.872. The Morgan fingerprint density at radius 3 is 2.59 bits per heavy atom. The zero-order valence-corrected chi connectivity index (χ0v) is 13.5. The molecule has 2 rings (SSSR count). The van der Waals surface area contributed by atoms with E-state index in [0.29, 0.717) is 6.54 Å². The molecule has 0 unspecified atom stereocenters. The summed E-state index contributed by atoms with van der Waals surface area (Å²) < 4.78 is 1.34. The Hall–Kier alpha value is -2.43. The molecule has 22 heavy (non-hydrogen) atoms. The third kappa shape index (κ3) is 3.24. The Kier molecular flexibility index (Phi) is 4.75. The first-order valence-corrected chi connectivity index (χ1v) is 7.37. The first-order valence-electron chi connectivity index (χ1n) is 7.37. The predicted molar refractivity (Wildman–Crippen MR) is 87.4 cm³/mol. The molecular weight excluding hydrogens is 278 g/mol. The lowest BCUT2D eigenvalue weighted by molar-refractivity contribution is 0.0985. The van der Waals surface area contributed by atoms with Crippen molar-refractivity contribution in [2.75, 3.05) is 11.9 Å². The lowest BCUT2D eigenvalue weighted by atomic mass is 10.1. The molecule has 116 valence electrons. The van der Waals surface area contributed by atoms with Crippen LogP contribution in [0, 0.1) is 13.8 Å². The van der Waals surface area contributed by atoms with Crippen LogP contribution in [0.25, 0.3) is 0 Å². The second-order valence-electron chi connectivity index (χ2n) is 5.43. The van der Waals surface area contributed by atoms with E-state index in [4.69, 9.17) is 0 Å². The smallest absolute Gasteiger partial charge is 0.278 e. The van der Waals surface area contributed by atoms with Crippen molar-refractivity contribution >= 4 is 11.6 Å². The molecule has 1 aromatic heterocycles. The molecule has 0 atom stereocenters. The fraction of sp³-hybridized carbons (Fsp3) is 0.353. The lowest BCUT2D eigenvalue weighted by Crippen LogP contribution is -2.31. The summed E-state index contributed by atoms with van der Waals surface area (Å²) in [5, 5.41) is 4.17. The summed E-state index contributed by atoms with van der Waals surface area (Å²) in [7, 11) is 1.72. The van der Waals surface area contributed by atoms with Crippen LogP contribution in [0.5, 0.6) is 0 Å². The molecule has 5 nitrogen and oxygen atoms in total. The maximum absolute atomic E-state index is 12.6. The largest absolute Gasteiger partial charge is 0.310 e. The topological polar surface area (TPSA) is 55.2 Å². The van der Waals surface area contributed by atoms with Gasteiger partial charge in [0, 0.05) is 25.3 Å². The van der Waals surface area contributed by atoms with E-state index in [-0.39, 0.29) is 17.2 Å². The average Bonchev–Trinajstić information content (AvgIpc) is 2.48. The molecule has 5 heteroatoms. The van der Waals surface area contributed by atoms with Crippen LogP contribution in [-0.2, 0) is 6.54 Å². The minimum Gasteiger partial charge on any atom is -0.310 e. The maximum Gasteiger partial charge on any atom is 0.278 e. The van der Waals surface area contributed by atoms with Gasteiger partial charge in [-0.05, 0) is 38.0 Å². The monoisotopic (exact) mass is 299 g/mol. The summed E-state index contributed by atoms with van der Waals surface area (Å²) in [6.45, 7) is 6.45.